The van der Waals surface area contributed by atoms with Gasteiger partial charge in [0.15, 0.2) is 0 Å². The van der Waals surface area contributed by atoms with Gasteiger partial charge in [0, 0.05) is 0 Å². The van der Waals surface area contributed by atoms with Crippen LogP contribution >= 0.6 is 19.1 Å². The first-order chi connectivity index (χ1) is 5.26. The molecule has 0 spiro atoms. The molecule has 0 saturated heterocycles. The molecule has 2 nitrogen and oxygen atoms in total. The van der Waals surface area contributed by atoms with Crippen LogP contribution in [0, 0.1) is 0 Å². The van der Waals surface area contributed by atoms with E-state index in [-0.39, 0.29) is 0 Å². The molecule has 0 heterocycles. The Morgan fingerprint density at radius 1 is 1.27 bits per heavy atom. The van der Waals surface area contributed by atoms with Crippen molar-refractivity contribution in [3.05, 3.63) is 0 Å². The molecular formula is C7H18ClNOP+. The van der Waals surface area contributed by atoms with Gasteiger partial charge >= 0.3 is 7.81 Å². The van der Waals surface area contributed by atoms with Gasteiger partial charge in [-0.1, -0.05) is 25.3 Å². The van der Waals surface area contributed by atoms with Gasteiger partial charge in [-0.25, -0.2) is 0 Å². The molecule has 0 aliphatic heterocycles. The van der Waals surface area contributed by atoms with Crippen molar-refractivity contribution in [2.75, 3.05) is 19.6 Å². The summed E-state index contributed by atoms with van der Waals surface area (Å²) in [5.74, 6) is 0. The van der Waals surface area contributed by atoms with E-state index in [1.807, 2.05) is 0 Å². The lowest BCUT2D eigenvalue weighted by molar-refractivity contribution is 0.304. The van der Waals surface area contributed by atoms with Crippen LogP contribution in [0.1, 0.15) is 27.2 Å². The molecule has 0 amide bonds. The monoisotopic (exact) mass is 198 g/mol. The number of hydrogen-bond donors (Lipinski definition) is 0. The third-order valence-corrected chi connectivity index (χ3v) is 1.43. The molecule has 0 saturated carbocycles. The Balaban J connectivity index is 0. The van der Waals surface area contributed by atoms with E-state index in [1.165, 1.54) is 26.1 Å². The average molecular weight is 199 g/mol. The second-order valence-corrected chi connectivity index (χ2v) is 2.72. The number of nitrogens with zero attached hydrogens (tertiary/aromatic N) is 1. The highest BCUT2D eigenvalue weighted by Crippen LogP contribution is 1.92. The van der Waals surface area contributed by atoms with Crippen molar-refractivity contribution in [2.24, 2.45) is 0 Å². The standard InChI is InChI=1S/C7H17N.ClOP/c1-4-7-8(5-2)6-3;1-3-2/h4-7H2,1-3H3;/p+1. The van der Waals surface area contributed by atoms with Crippen molar-refractivity contribution < 1.29 is 4.57 Å². The van der Waals surface area contributed by atoms with E-state index >= 15 is 0 Å². The van der Waals surface area contributed by atoms with Crippen molar-refractivity contribution in [3.8, 4) is 0 Å². The van der Waals surface area contributed by atoms with E-state index in [0.717, 1.165) is 0 Å². The molecule has 1 unspecified atom stereocenters. The van der Waals surface area contributed by atoms with Gasteiger partial charge in [-0.05, 0) is 26.1 Å². The van der Waals surface area contributed by atoms with Gasteiger partial charge in [0.2, 0.25) is 11.2 Å². The van der Waals surface area contributed by atoms with Gasteiger partial charge in [-0.3, -0.25) is 0 Å². The average Bonchev–Trinajstić information content (AvgIpc) is 2.02. The van der Waals surface area contributed by atoms with Crippen molar-refractivity contribution in [1.82, 2.24) is 4.90 Å². The summed E-state index contributed by atoms with van der Waals surface area (Å²) < 4.78 is 8.72. The highest BCUT2D eigenvalue weighted by Gasteiger charge is 1.92. The van der Waals surface area contributed by atoms with E-state index < -0.39 is 7.81 Å². The van der Waals surface area contributed by atoms with Gasteiger partial charge in [-0.15, -0.1) is 0 Å². The first kappa shape index (κ1) is 13.9. The Hall–Kier alpha value is 0.350. The summed E-state index contributed by atoms with van der Waals surface area (Å²) in [7, 11) is -0.694. The SMILES string of the molecule is CCCN(CC)CC.O=[PH+]Cl. The second kappa shape index (κ2) is 13.0. The van der Waals surface area contributed by atoms with Crippen LogP contribution in [0.2, 0.25) is 0 Å². The van der Waals surface area contributed by atoms with Crippen molar-refractivity contribution in [3.63, 3.8) is 0 Å². The zero-order chi connectivity index (χ0) is 9.11. The lowest BCUT2D eigenvalue weighted by atomic mass is 10.4. The normalized spacial score (nSPS) is 9.55. The lowest BCUT2D eigenvalue weighted by Crippen LogP contribution is -2.23. The fourth-order valence-corrected chi connectivity index (χ4v) is 0.856. The molecule has 1 atom stereocenters. The molecule has 0 aromatic rings. The topological polar surface area (TPSA) is 20.3 Å². The maximum atomic E-state index is 8.72. The maximum Gasteiger partial charge on any atom is 0.441 e. The molecule has 68 valence electrons. The summed E-state index contributed by atoms with van der Waals surface area (Å²) in [6, 6.07) is 0. The Morgan fingerprint density at radius 3 is 1.73 bits per heavy atom. The zero-order valence-electron chi connectivity index (χ0n) is 7.56. The third-order valence-electron chi connectivity index (χ3n) is 1.43. The van der Waals surface area contributed by atoms with E-state index in [4.69, 9.17) is 4.57 Å². The number of rotatable bonds is 4. The van der Waals surface area contributed by atoms with E-state index in [9.17, 15) is 0 Å². The van der Waals surface area contributed by atoms with Crippen LogP contribution in [-0.2, 0) is 4.57 Å². The molecular weight excluding hydrogens is 181 g/mol. The van der Waals surface area contributed by atoms with Gasteiger partial charge in [0.1, 0.15) is 0 Å². The Morgan fingerprint density at radius 2 is 1.64 bits per heavy atom. The summed E-state index contributed by atoms with van der Waals surface area (Å²) >= 11 is 4.47. The van der Waals surface area contributed by atoms with Crippen LogP contribution in [0.25, 0.3) is 0 Å². The largest absolute Gasteiger partial charge is 0.441 e. The maximum absolute atomic E-state index is 8.72. The first-order valence-electron chi connectivity index (χ1n) is 3.96. The minimum atomic E-state index is -0.694. The Labute approximate surface area is 75.9 Å². The van der Waals surface area contributed by atoms with E-state index in [1.54, 1.807) is 0 Å². The highest BCUT2D eigenvalue weighted by molar-refractivity contribution is 7.57. The molecule has 4 heteroatoms. The molecule has 0 aliphatic carbocycles. The zero-order valence-corrected chi connectivity index (χ0v) is 9.32. The summed E-state index contributed by atoms with van der Waals surface area (Å²) in [6.45, 7) is 10.3. The number of hydrogen-bond acceptors (Lipinski definition) is 2. The molecule has 11 heavy (non-hydrogen) atoms. The second-order valence-electron chi connectivity index (χ2n) is 2.10. The quantitative estimate of drug-likeness (QED) is 0.648. The third kappa shape index (κ3) is 13.4. The van der Waals surface area contributed by atoms with Crippen LogP contribution < -0.4 is 0 Å². The smallest absolute Gasteiger partial charge is 0.304 e. The molecule has 0 radical (unpaired) electrons. The summed E-state index contributed by atoms with van der Waals surface area (Å²) in [5, 5.41) is 0. The molecule has 0 bridgehead atoms. The Bertz CT molecular complexity index is 78.8. The Kier molecular flexibility index (Phi) is 16.4. The molecule has 0 fully saturated rings. The van der Waals surface area contributed by atoms with Gasteiger partial charge < -0.3 is 4.90 Å². The van der Waals surface area contributed by atoms with Crippen molar-refractivity contribution in [2.45, 2.75) is 27.2 Å². The van der Waals surface area contributed by atoms with E-state index in [0.29, 0.717) is 0 Å². The van der Waals surface area contributed by atoms with Crippen molar-refractivity contribution >= 4 is 19.1 Å². The molecule has 0 aromatic carbocycles. The summed E-state index contributed by atoms with van der Waals surface area (Å²) in [5.41, 5.74) is 0. The van der Waals surface area contributed by atoms with Crippen molar-refractivity contribution in [1.29, 1.82) is 0 Å². The number of halogens is 1. The predicted octanol–water partition coefficient (Wildman–Crippen LogP) is 2.90. The summed E-state index contributed by atoms with van der Waals surface area (Å²) in [6.07, 6.45) is 1.28. The minimum absolute atomic E-state index is 0.694. The van der Waals surface area contributed by atoms with Crippen LogP contribution in [0.4, 0.5) is 0 Å². The fraction of sp³-hybridized carbons (Fsp3) is 1.00. The van der Waals surface area contributed by atoms with Crippen LogP contribution in [0.3, 0.4) is 0 Å². The molecule has 0 rings (SSSR count). The predicted molar refractivity (Wildman–Crippen MR) is 52.9 cm³/mol. The summed E-state index contributed by atoms with van der Waals surface area (Å²) in [4.78, 5) is 2.43. The fourth-order valence-electron chi connectivity index (χ4n) is 0.856. The van der Waals surface area contributed by atoms with Crippen LogP contribution in [0.15, 0.2) is 0 Å². The molecule has 0 aromatic heterocycles. The van der Waals surface area contributed by atoms with Gasteiger partial charge in [0.25, 0.3) is 0 Å². The van der Waals surface area contributed by atoms with Crippen LogP contribution in [-0.4, -0.2) is 24.5 Å². The first-order valence-corrected chi connectivity index (χ1v) is 5.88. The van der Waals surface area contributed by atoms with E-state index in [2.05, 4.69) is 36.9 Å². The van der Waals surface area contributed by atoms with Gasteiger partial charge in [-0.2, -0.15) is 0 Å². The lowest BCUT2D eigenvalue weighted by Gasteiger charge is -2.15. The highest BCUT2D eigenvalue weighted by atomic mass is 35.7. The van der Waals surface area contributed by atoms with Crippen LogP contribution in [0.5, 0.6) is 0 Å². The van der Waals surface area contributed by atoms with Gasteiger partial charge in [0.05, 0.1) is 0 Å². The molecule has 0 aliphatic rings. The minimum Gasteiger partial charge on any atom is -0.304 e. The molecule has 0 N–H and O–H groups in total.